The van der Waals surface area contributed by atoms with Gasteiger partial charge in [0, 0.05) is 16.6 Å². The molecule has 0 saturated carbocycles. The second kappa shape index (κ2) is 7.88. The van der Waals surface area contributed by atoms with Crippen molar-refractivity contribution in [3.05, 3.63) is 35.9 Å². The molecule has 4 heteroatoms. The Morgan fingerprint density at radius 2 is 1.24 bits per heavy atom. The summed E-state index contributed by atoms with van der Waals surface area (Å²) in [6.45, 7) is 18.7. The van der Waals surface area contributed by atoms with E-state index in [0.717, 1.165) is 5.56 Å². The van der Waals surface area contributed by atoms with Crippen LogP contribution in [0, 0.1) is 0 Å². The van der Waals surface area contributed by atoms with Crippen LogP contribution in [-0.4, -0.2) is 28.6 Å². The molecule has 142 valence electrons. The van der Waals surface area contributed by atoms with Crippen LogP contribution in [0.25, 0.3) is 0 Å². The van der Waals surface area contributed by atoms with Crippen molar-refractivity contribution in [1.82, 2.24) is 16.0 Å². The lowest BCUT2D eigenvalue weighted by molar-refractivity contribution is -0.126. The van der Waals surface area contributed by atoms with E-state index in [1.54, 1.807) is 0 Å². The number of hydrogen-bond acceptors (Lipinski definition) is 3. The van der Waals surface area contributed by atoms with Gasteiger partial charge in [0.15, 0.2) is 0 Å². The number of amides is 1. The molecule has 1 rings (SSSR count). The number of carbonyl (C=O) groups is 1. The van der Waals surface area contributed by atoms with Crippen LogP contribution < -0.4 is 16.0 Å². The minimum atomic E-state index is -0.388. The molecule has 0 aliphatic carbocycles. The van der Waals surface area contributed by atoms with E-state index in [2.05, 4.69) is 69.6 Å². The number of nitrogens with one attached hydrogen (secondary N) is 3. The molecular formula is C21H37N3O. The van der Waals surface area contributed by atoms with Crippen LogP contribution in [0.5, 0.6) is 0 Å². The second-order valence-electron chi connectivity index (χ2n) is 9.89. The van der Waals surface area contributed by atoms with Crippen molar-refractivity contribution in [1.29, 1.82) is 0 Å². The summed E-state index contributed by atoms with van der Waals surface area (Å²) in [6, 6.07) is 9.66. The predicted molar refractivity (Wildman–Crippen MR) is 107 cm³/mol. The molecule has 0 bridgehead atoms. The fraction of sp³-hybridized carbons (Fsp3) is 0.667. The Morgan fingerprint density at radius 3 is 1.64 bits per heavy atom. The van der Waals surface area contributed by atoms with Gasteiger partial charge in [-0.2, -0.15) is 0 Å². The van der Waals surface area contributed by atoms with Crippen molar-refractivity contribution in [3.63, 3.8) is 0 Å². The van der Waals surface area contributed by atoms with Crippen LogP contribution >= 0.6 is 0 Å². The monoisotopic (exact) mass is 347 g/mol. The van der Waals surface area contributed by atoms with Gasteiger partial charge in [0.1, 0.15) is 6.04 Å². The van der Waals surface area contributed by atoms with E-state index in [1.165, 1.54) is 0 Å². The van der Waals surface area contributed by atoms with E-state index in [4.69, 9.17) is 0 Å². The van der Waals surface area contributed by atoms with Crippen LogP contribution in [0.15, 0.2) is 30.3 Å². The molecule has 0 radical (unpaired) electrons. The summed E-state index contributed by atoms with van der Waals surface area (Å²) in [4.78, 5) is 13.1. The number of carbonyl (C=O) groups excluding carboxylic acids is 1. The van der Waals surface area contributed by atoms with E-state index < -0.39 is 0 Å². The summed E-state index contributed by atoms with van der Waals surface area (Å²) >= 11 is 0. The Hall–Kier alpha value is -1.39. The van der Waals surface area contributed by atoms with Crippen LogP contribution in [0.1, 0.15) is 73.9 Å². The smallest absolute Gasteiger partial charge is 0.239 e. The van der Waals surface area contributed by atoms with Gasteiger partial charge in [-0.1, -0.05) is 30.3 Å². The number of hydrogen-bond donors (Lipinski definition) is 3. The molecular weight excluding hydrogens is 310 g/mol. The van der Waals surface area contributed by atoms with Gasteiger partial charge in [-0.15, -0.1) is 0 Å². The van der Waals surface area contributed by atoms with Crippen molar-refractivity contribution in [2.45, 2.75) is 91.0 Å². The van der Waals surface area contributed by atoms with Crippen molar-refractivity contribution in [2.75, 3.05) is 0 Å². The highest BCUT2D eigenvalue weighted by molar-refractivity contribution is 5.83. The third-order valence-electron chi connectivity index (χ3n) is 3.45. The molecule has 0 heterocycles. The zero-order valence-corrected chi connectivity index (χ0v) is 17.4. The standard InChI is InChI=1S/C21H37N3O/c1-19(2,3)22-16(15-13-11-10-12-14-15)17(23-20(4,5)6)18(25)24-21(7,8)9/h10-14,16-17,22-23H,1-9H3,(H,24,25)/t16?,17-/m0/s1. The molecule has 1 aromatic rings. The van der Waals surface area contributed by atoms with Gasteiger partial charge in [0.05, 0.1) is 6.04 Å². The lowest BCUT2D eigenvalue weighted by atomic mass is 9.92. The molecule has 1 unspecified atom stereocenters. The summed E-state index contributed by atoms with van der Waals surface area (Å²) in [5.74, 6) is 0.00743. The maximum atomic E-state index is 13.1. The fourth-order valence-electron chi connectivity index (χ4n) is 2.70. The Balaban J connectivity index is 3.29. The SMILES string of the molecule is CC(C)(C)NC(=O)[C@@H](NC(C)(C)C)C(NC(C)(C)C)c1ccccc1. The molecule has 3 N–H and O–H groups in total. The molecule has 0 aromatic heterocycles. The highest BCUT2D eigenvalue weighted by atomic mass is 16.2. The van der Waals surface area contributed by atoms with Gasteiger partial charge < -0.3 is 10.6 Å². The average Bonchev–Trinajstić information content (AvgIpc) is 2.39. The molecule has 1 amide bonds. The third-order valence-corrected chi connectivity index (χ3v) is 3.45. The van der Waals surface area contributed by atoms with Crippen LogP contribution in [0.4, 0.5) is 0 Å². The summed E-state index contributed by atoms with van der Waals surface area (Å²) in [5, 5.41) is 10.3. The first-order chi connectivity index (χ1) is 11.2. The summed E-state index contributed by atoms with van der Waals surface area (Å²) in [7, 11) is 0. The highest BCUT2D eigenvalue weighted by Crippen LogP contribution is 2.23. The first kappa shape index (κ1) is 21.7. The van der Waals surface area contributed by atoms with E-state index in [9.17, 15) is 4.79 Å². The zero-order valence-electron chi connectivity index (χ0n) is 17.4. The van der Waals surface area contributed by atoms with Gasteiger partial charge >= 0.3 is 0 Å². The molecule has 0 aliphatic rings. The molecule has 0 fully saturated rings. The first-order valence-corrected chi connectivity index (χ1v) is 9.10. The minimum Gasteiger partial charge on any atom is -0.350 e. The van der Waals surface area contributed by atoms with Crippen molar-refractivity contribution >= 4 is 5.91 Å². The Bertz CT molecular complexity index is 547. The summed E-state index contributed by atoms with van der Waals surface area (Å²) < 4.78 is 0. The van der Waals surface area contributed by atoms with Crippen LogP contribution in [-0.2, 0) is 4.79 Å². The average molecular weight is 348 g/mol. The Labute approximate surface area is 154 Å². The zero-order chi connectivity index (χ0) is 19.5. The lowest BCUT2D eigenvalue weighted by Crippen LogP contribution is -2.61. The largest absolute Gasteiger partial charge is 0.350 e. The van der Waals surface area contributed by atoms with Crippen molar-refractivity contribution in [2.24, 2.45) is 0 Å². The number of benzene rings is 1. The van der Waals surface area contributed by atoms with Gasteiger partial charge in [0.25, 0.3) is 0 Å². The number of rotatable bonds is 5. The fourth-order valence-corrected chi connectivity index (χ4v) is 2.70. The van der Waals surface area contributed by atoms with E-state index in [0.29, 0.717) is 0 Å². The van der Waals surface area contributed by atoms with Crippen LogP contribution in [0.3, 0.4) is 0 Å². The lowest BCUT2D eigenvalue weighted by Gasteiger charge is -2.39. The van der Waals surface area contributed by atoms with E-state index in [-0.39, 0.29) is 34.6 Å². The van der Waals surface area contributed by atoms with E-state index in [1.807, 2.05) is 39.0 Å². The molecule has 0 spiro atoms. The van der Waals surface area contributed by atoms with Gasteiger partial charge in [-0.25, -0.2) is 0 Å². The molecule has 1 aromatic carbocycles. The van der Waals surface area contributed by atoms with Crippen LogP contribution in [0.2, 0.25) is 0 Å². The quantitative estimate of drug-likeness (QED) is 0.759. The maximum Gasteiger partial charge on any atom is 0.239 e. The molecule has 4 nitrogen and oxygen atoms in total. The van der Waals surface area contributed by atoms with Crippen molar-refractivity contribution in [3.8, 4) is 0 Å². The normalized spacial score (nSPS) is 15.6. The minimum absolute atomic E-state index is 0.00743. The Kier molecular flexibility index (Phi) is 6.82. The van der Waals surface area contributed by atoms with Gasteiger partial charge in [-0.3, -0.25) is 10.1 Å². The summed E-state index contributed by atoms with van der Waals surface area (Å²) in [5.41, 5.74) is 0.508. The molecule has 0 aliphatic heterocycles. The molecule has 2 atom stereocenters. The first-order valence-electron chi connectivity index (χ1n) is 9.10. The molecule has 0 saturated heterocycles. The van der Waals surface area contributed by atoms with Crippen molar-refractivity contribution < 1.29 is 4.79 Å². The van der Waals surface area contributed by atoms with Gasteiger partial charge in [-0.05, 0) is 67.9 Å². The Morgan fingerprint density at radius 1 is 0.760 bits per heavy atom. The van der Waals surface area contributed by atoms with Gasteiger partial charge in [0.2, 0.25) is 5.91 Å². The third kappa shape index (κ3) is 8.50. The topological polar surface area (TPSA) is 53.2 Å². The second-order valence-corrected chi connectivity index (χ2v) is 9.89. The maximum absolute atomic E-state index is 13.1. The summed E-state index contributed by atoms with van der Waals surface area (Å²) in [6.07, 6.45) is 0. The van der Waals surface area contributed by atoms with E-state index >= 15 is 0 Å². The predicted octanol–water partition coefficient (Wildman–Crippen LogP) is 3.79. The molecule has 25 heavy (non-hydrogen) atoms. The highest BCUT2D eigenvalue weighted by Gasteiger charge is 2.35.